The summed E-state index contributed by atoms with van der Waals surface area (Å²) in [5.41, 5.74) is 4.52. The summed E-state index contributed by atoms with van der Waals surface area (Å²) >= 11 is 0. The van der Waals surface area contributed by atoms with Gasteiger partial charge in [0.05, 0.1) is 13.2 Å². The molecule has 0 spiro atoms. The zero-order valence-electron chi connectivity index (χ0n) is 14.1. The van der Waals surface area contributed by atoms with E-state index in [-0.39, 0.29) is 0 Å². The molecule has 0 bridgehead atoms. The molecule has 121 valence electrons. The van der Waals surface area contributed by atoms with Crippen LogP contribution in [0.1, 0.15) is 13.8 Å². The van der Waals surface area contributed by atoms with Crippen LogP contribution >= 0.6 is 0 Å². The van der Waals surface area contributed by atoms with Crippen LogP contribution in [0.2, 0.25) is 0 Å². The predicted octanol–water partition coefficient (Wildman–Crippen LogP) is 5.62. The molecular formula is C22H21O2. The number of hydrogen-bond donors (Lipinski definition) is 0. The molecular weight excluding hydrogens is 296 g/mol. The number of hydrogen-bond acceptors (Lipinski definition) is 2. The Balaban J connectivity index is 1.77. The van der Waals surface area contributed by atoms with Gasteiger partial charge in [-0.25, -0.2) is 0 Å². The molecule has 0 aliphatic rings. The molecule has 2 nitrogen and oxygen atoms in total. The minimum absolute atomic E-state index is 0.683. The van der Waals surface area contributed by atoms with Crippen LogP contribution in [0.25, 0.3) is 22.3 Å². The summed E-state index contributed by atoms with van der Waals surface area (Å²) in [6, 6.07) is 25.9. The molecule has 0 heterocycles. The molecule has 3 rings (SSSR count). The first-order valence-corrected chi connectivity index (χ1v) is 8.28. The van der Waals surface area contributed by atoms with E-state index in [4.69, 9.17) is 9.47 Å². The summed E-state index contributed by atoms with van der Waals surface area (Å²) in [5.74, 6) is 1.79. The first kappa shape index (κ1) is 16.1. The zero-order chi connectivity index (χ0) is 16.8. The van der Waals surface area contributed by atoms with E-state index in [0.717, 1.165) is 33.8 Å². The highest BCUT2D eigenvalue weighted by Gasteiger charge is 2.02. The molecule has 0 saturated carbocycles. The third kappa shape index (κ3) is 3.77. The summed E-state index contributed by atoms with van der Waals surface area (Å²) in [6.45, 7) is 5.34. The highest BCUT2D eigenvalue weighted by Crippen LogP contribution is 2.27. The van der Waals surface area contributed by atoms with Gasteiger partial charge in [-0.2, -0.15) is 0 Å². The van der Waals surface area contributed by atoms with Gasteiger partial charge in [-0.1, -0.05) is 36.4 Å². The fourth-order valence-corrected chi connectivity index (χ4v) is 2.59. The van der Waals surface area contributed by atoms with Crippen molar-refractivity contribution in [2.45, 2.75) is 13.8 Å². The molecule has 0 fully saturated rings. The van der Waals surface area contributed by atoms with Crippen molar-refractivity contribution >= 4 is 0 Å². The third-order valence-electron chi connectivity index (χ3n) is 3.79. The first-order chi connectivity index (χ1) is 11.8. The van der Waals surface area contributed by atoms with Gasteiger partial charge in [-0.15, -0.1) is 0 Å². The minimum atomic E-state index is 0.683. The molecule has 0 aliphatic heterocycles. The second kappa shape index (κ2) is 7.69. The average molecular weight is 317 g/mol. The first-order valence-electron chi connectivity index (χ1n) is 8.28. The monoisotopic (exact) mass is 317 g/mol. The Bertz CT molecular complexity index is 688. The van der Waals surface area contributed by atoms with Crippen molar-refractivity contribution < 1.29 is 9.47 Å². The van der Waals surface area contributed by atoms with E-state index in [0.29, 0.717) is 13.2 Å². The van der Waals surface area contributed by atoms with Crippen LogP contribution < -0.4 is 9.47 Å². The lowest BCUT2D eigenvalue weighted by atomic mass is 10.0. The molecule has 0 aliphatic carbocycles. The van der Waals surface area contributed by atoms with Gasteiger partial charge in [0.15, 0.2) is 0 Å². The van der Waals surface area contributed by atoms with Crippen LogP contribution in [0.3, 0.4) is 0 Å². The Labute approximate surface area is 143 Å². The Morgan fingerprint density at radius 3 is 1.58 bits per heavy atom. The van der Waals surface area contributed by atoms with Crippen molar-refractivity contribution in [2.24, 2.45) is 0 Å². The number of rotatable bonds is 6. The van der Waals surface area contributed by atoms with Crippen molar-refractivity contribution in [3.8, 4) is 33.8 Å². The van der Waals surface area contributed by atoms with Crippen molar-refractivity contribution in [1.82, 2.24) is 0 Å². The van der Waals surface area contributed by atoms with Crippen LogP contribution in [-0.2, 0) is 0 Å². The average Bonchev–Trinajstić information content (AvgIpc) is 2.64. The van der Waals surface area contributed by atoms with E-state index in [1.807, 2.05) is 44.2 Å². The Kier molecular flexibility index (Phi) is 5.17. The van der Waals surface area contributed by atoms with Gasteiger partial charge in [-0.3, -0.25) is 0 Å². The quantitative estimate of drug-likeness (QED) is 0.587. The Morgan fingerprint density at radius 2 is 1.12 bits per heavy atom. The van der Waals surface area contributed by atoms with Gasteiger partial charge in [-0.05, 0) is 72.5 Å². The van der Waals surface area contributed by atoms with Crippen molar-refractivity contribution in [2.75, 3.05) is 13.2 Å². The summed E-state index contributed by atoms with van der Waals surface area (Å²) in [4.78, 5) is 0. The second-order valence-electron chi connectivity index (χ2n) is 5.41. The summed E-state index contributed by atoms with van der Waals surface area (Å²) < 4.78 is 11.0. The molecule has 3 aromatic carbocycles. The Hall–Kier alpha value is -2.74. The van der Waals surface area contributed by atoms with E-state index < -0.39 is 0 Å². The highest BCUT2D eigenvalue weighted by atomic mass is 16.5. The fourth-order valence-electron chi connectivity index (χ4n) is 2.59. The smallest absolute Gasteiger partial charge is 0.119 e. The molecule has 0 aromatic heterocycles. The maximum absolute atomic E-state index is 5.48. The third-order valence-corrected chi connectivity index (χ3v) is 3.79. The van der Waals surface area contributed by atoms with Crippen molar-refractivity contribution in [1.29, 1.82) is 0 Å². The van der Waals surface area contributed by atoms with E-state index >= 15 is 0 Å². The lowest BCUT2D eigenvalue weighted by Crippen LogP contribution is -1.91. The molecule has 24 heavy (non-hydrogen) atoms. The fraction of sp³-hybridized carbons (Fsp3) is 0.182. The predicted molar refractivity (Wildman–Crippen MR) is 98.5 cm³/mol. The van der Waals surface area contributed by atoms with Gasteiger partial charge >= 0.3 is 0 Å². The van der Waals surface area contributed by atoms with Crippen LogP contribution in [0.5, 0.6) is 11.5 Å². The van der Waals surface area contributed by atoms with E-state index in [2.05, 4.69) is 42.5 Å². The topological polar surface area (TPSA) is 18.5 Å². The molecule has 0 atom stereocenters. The maximum Gasteiger partial charge on any atom is 0.119 e. The summed E-state index contributed by atoms with van der Waals surface area (Å²) in [7, 11) is 0. The SMILES string of the molecule is CCOc1ccc(-c2[c]cc(-c3ccc(OCC)cc3)cc2)cc1. The standard InChI is InChI=1S/C22H21O2/c1-3-23-21-13-9-19(10-14-21)17-5-7-18(8-6-17)20-11-15-22(16-12-20)24-4-2/h5-7,9-16H,3-4H2,1-2H3. The van der Waals surface area contributed by atoms with Crippen molar-refractivity contribution in [3.63, 3.8) is 0 Å². The van der Waals surface area contributed by atoms with Gasteiger partial charge in [0.2, 0.25) is 0 Å². The van der Waals surface area contributed by atoms with Crippen molar-refractivity contribution in [3.05, 3.63) is 72.8 Å². The maximum atomic E-state index is 5.48. The minimum Gasteiger partial charge on any atom is -0.494 e. The Morgan fingerprint density at radius 1 is 0.625 bits per heavy atom. The van der Waals surface area contributed by atoms with Gasteiger partial charge in [0.1, 0.15) is 11.5 Å². The zero-order valence-corrected chi connectivity index (χ0v) is 14.1. The molecule has 0 saturated heterocycles. The molecule has 0 unspecified atom stereocenters. The van der Waals surface area contributed by atoms with Gasteiger partial charge in [0.25, 0.3) is 0 Å². The molecule has 0 amide bonds. The number of ether oxygens (including phenoxy) is 2. The molecule has 3 aromatic rings. The van der Waals surface area contributed by atoms with Gasteiger partial charge < -0.3 is 9.47 Å². The normalized spacial score (nSPS) is 10.4. The van der Waals surface area contributed by atoms with Crippen LogP contribution in [-0.4, -0.2) is 13.2 Å². The molecule has 0 N–H and O–H groups in total. The molecule has 2 heteroatoms. The highest BCUT2D eigenvalue weighted by molar-refractivity contribution is 5.70. The van der Waals surface area contributed by atoms with E-state index in [9.17, 15) is 0 Å². The van der Waals surface area contributed by atoms with Gasteiger partial charge in [0, 0.05) is 0 Å². The van der Waals surface area contributed by atoms with Crippen LogP contribution in [0.4, 0.5) is 0 Å². The van der Waals surface area contributed by atoms with Crippen LogP contribution in [0.15, 0.2) is 66.7 Å². The number of benzene rings is 3. The summed E-state index contributed by atoms with van der Waals surface area (Å²) in [6.07, 6.45) is 0. The van der Waals surface area contributed by atoms with E-state index in [1.54, 1.807) is 0 Å². The lowest BCUT2D eigenvalue weighted by molar-refractivity contribution is 0.340. The summed E-state index contributed by atoms with van der Waals surface area (Å²) in [5, 5.41) is 0. The van der Waals surface area contributed by atoms with E-state index in [1.165, 1.54) is 0 Å². The largest absolute Gasteiger partial charge is 0.494 e. The second-order valence-corrected chi connectivity index (χ2v) is 5.41. The molecule has 1 radical (unpaired) electrons. The van der Waals surface area contributed by atoms with Crippen LogP contribution in [0, 0.1) is 6.07 Å². The lowest BCUT2D eigenvalue weighted by Gasteiger charge is -2.07.